The number of carbonyl (C=O) groups is 8. The molecule has 3 saturated heterocycles. The van der Waals surface area contributed by atoms with E-state index < -0.39 is 194 Å². The first kappa shape index (κ1) is 85.6. The number of alkyl halides is 3. The maximum Gasteiger partial charge on any atom is 0.459 e. The summed E-state index contributed by atoms with van der Waals surface area (Å²) < 4.78 is 154. The normalized spacial score (nSPS) is 30.5. The average molecular weight is 1620 g/mol. The Morgan fingerprint density at radius 3 is 0.973 bits per heavy atom. The van der Waals surface area contributed by atoms with E-state index in [-0.39, 0.29) is 42.0 Å². The number of allylic oxidation sites excluding steroid dienone is 3. The van der Waals surface area contributed by atoms with Gasteiger partial charge in [0.1, 0.15) is 90.3 Å². The summed E-state index contributed by atoms with van der Waals surface area (Å²) in [4.78, 5) is 100. The van der Waals surface area contributed by atoms with Gasteiger partial charge in [-0.3, -0.25) is 66.6 Å². The molecule has 3 aromatic carbocycles. The summed E-state index contributed by atoms with van der Waals surface area (Å²) in [5, 5.41) is 39.5. The number of hydrogen-bond acceptors (Lipinski definition) is 26. The Balaban J connectivity index is 0.000000177. The molecule has 6 heterocycles. The van der Waals surface area contributed by atoms with E-state index >= 15 is 13.2 Å². The van der Waals surface area contributed by atoms with Crippen molar-refractivity contribution in [2.24, 2.45) is 0 Å². The van der Waals surface area contributed by atoms with Crippen molar-refractivity contribution in [2.75, 3.05) is 19.8 Å². The minimum atomic E-state index is -4.28. The highest BCUT2D eigenvalue weighted by Crippen LogP contribution is 2.51. The third-order valence-electron chi connectivity index (χ3n) is 19.4. The molecule has 6 fully saturated rings. The molecule has 3 aliphatic carbocycles. The van der Waals surface area contributed by atoms with Gasteiger partial charge >= 0.3 is 41.1 Å². The van der Waals surface area contributed by atoms with Gasteiger partial charge in [0.25, 0.3) is 0 Å². The first-order chi connectivity index (χ1) is 52.4. The minimum Gasteiger partial charge on any atom is -0.461 e. The number of ether oxygens (including phenoxy) is 6. The van der Waals surface area contributed by atoms with Gasteiger partial charge < -0.3 is 57.3 Å². The molecular formula is C73H92F3N6O26P3. The largest absolute Gasteiger partial charge is 0.461 e. The molecule has 3 saturated carbocycles. The molecular weight excluding hydrogens is 1530 g/mol. The Labute approximate surface area is 638 Å². The van der Waals surface area contributed by atoms with E-state index in [0.29, 0.717) is 5.57 Å². The highest BCUT2D eigenvalue weighted by Gasteiger charge is 2.61. The fourth-order valence-electron chi connectivity index (χ4n) is 12.2. The van der Waals surface area contributed by atoms with E-state index in [0.717, 1.165) is 118 Å². The number of halogens is 3. The number of aliphatic hydroxyl groups is 3. The number of aliphatic hydroxyl groups excluding tert-OH is 3. The second-order valence-electron chi connectivity index (χ2n) is 28.5. The van der Waals surface area contributed by atoms with E-state index in [1.54, 1.807) is 72.8 Å². The summed E-state index contributed by atoms with van der Waals surface area (Å²) in [7, 11) is -12.8. The Morgan fingerprint density at radius 2 is 0.730 bits per heavy atom. The molecule has 0 aromatic heterocycles. The highest BCUT2D eigenvalue weighted by molar-refractivity contribution is 7.52. The van der Waals surface area contributed by atoms with Gasteiger partial charge in [0.2, 0.25) is 17.7 Å². The molecule has 9 aliphatic rings. The third-order valence-corrected chi connectivity index (χ3v) is 24.3. The molecule has 3 amide bonds. The van der Waals surface area contributed by atoms with Crippen LogP contribution in [-0.4, -0.2) is 206 Å². The van der Waals surface area contributed by atoms with Crippen LogP contribution in [0.2, 0.25) is 0 Å². The summed E-state index contributed by atoms with van der Waals surface area (Å²) in [6, 6.07) is 21.1. The first-order valence-electron chi connectivity index (χ1n) is 36.2. The smallest absolute Gasteiger partial charge is 0.459 e. The standard InChI is InChI=1S/C25H32FN2O8P.2C24H30FN2O9P/c1-16-12-13-28(21(29)14-16)24-25(3,26)22(30)20(35-24)15-33-37(32,36-19-8-5-4-6-9-19)27-17(2)23(31)34-18-10-7-11-18;2*1-15(22(31)34-17-9-6-10-17)26-37(32,36-18-7-4-3-5-8-18)33-14-19-21(30)24(2,25)23(35-19)27-12-11-16(28)13-20(27)29/h4-6,8-9,12-13,17-18,20,22,24,30H,1,7,10-11,14-15H2,2-3H3,(H,27,32);2*3-5,7-8,11-12,15,17,19,21,23,30H,6,9-10,13-14H2,1-2H3,(H,26,32)/t17-,20+,22+,24+,25+,37+;15-,19+,21+,23+,24+,37?;15-,19+,21+,23+,24+,37-/m000/s1. The van der Waals surface area contributed by atoms with Crippen molar-refractivity contribution in [2.45, 2.75) is 227 Å². The Bertz CT molecular complexity index is 3690. The summed E-state index contributed by atoms with van der Waals surface area (Å²) >= 11 is 0. The van der Waals surface area contributed by atoms with Gasteiger partial charge in [-0.05, 0) is 160 Å². The molecule has 6 aliphatic heterocycles. The predicted octanol–water partition coefficient (Wildman–Crippen LogP) is 8.17. The summed E-state index contributed by atoms with van der Waals surface area (Å²) in [5.74, 6) is -4.02. The van der Waals surface area contributed by atoms with E-state index in [1.807, 2.05) is 0 Å². The lowest BCUT2D eigenvalue weighted by atomic mass is 9.96. The van der Waals surface area contributed by atoms with E-state index in [9.17, 15) is 67.4 Å². The molecule has 1 unspecified atom stereocenters. The van der Waals surface area contributed by atoms with Crippen LogP contribution in [0.5, 0.6) is 17.2 Å². The van der Waals surface area contributed by atoms with Crippen molar-refractivity contribution in [1.82, 2.24) is 30.0 Å². The van der Waals surface area contributed by atoms with Crippen molar-refractivity contribution < 1.29 is 136 Å². The van der Waals surface area contributed by atoms with Gasteiger partial charge in [-0.2, -0.15) is 15.3 Å². The van der Waals surface area contributed by atoms with Crippen LogP contribution in [0.4, 0.5) is 13.2 Å². The van der Waals surface area contributed by atoms with E-state index in [2.05, 4.69) is 21.8 Å². The van der Waals surface area contributed by atoms with Crippen molar-refractivity contribution in [3.05, 3.63) is 140 Å². The number of amides is 3. The Kier molecular flexibility index (Phi) is 28.2. The van der Waals surface area contributed by atoms with Crippen LogP contribution in [-0.2, 0) is 94.0 Å². The van der Waals surface area contributed by atoms with Gasteiger partial charge in [-0.1, -0.05) is 61.2 Å². The number of benzene rings is 3. The fraction of sp³-hybridized carbons (Fsp3) is 0.534. The fourth-order valence-corrected chi connectivity index (χ4v) is 16.7. The number of nitrogens with one attached hydrogen (secondary N) is 3. The SMILES string of the molecule is C=C1C=CN([C@@H]2O[C@H](CO[P@](=O)(N[C@@H](C)C(=O)OC3CCC3)Oc3ccccc3)[C@@H](O)[C@@]2(C)F)C(=O)C1.C[C@H](NP(=O)(OC[C@H]1O[C@@H](N2C=CC(=O)CC2=O)[C@](C)(F)[C@@H]1O)Oc1ccccc1)C(=O)OC1CCC1.C[C@H](N[P@](=O)(OC[C@H]1O[C@@H](N2C=CC(=O)CC2=O)[C@](C)(F)[C@@H]1O)Oc1ccccc1)C(=O)OC1CCC1. The van der Waals surface area contributed by atoms with Crippen LogP contribution >= 0.6 is 23.2 Å². The molecule has 0 radical (unpaired) electrons. The topological polar surface area (TPSA) is 405 Å². The number of ketones is 2. The zero-order chi connectivity index (χ0) is 80.4. The molecule has 6 N–H and O–H groups in total. The number of hydrogen-bond donors (Lipinski definition) is 6. The lowest BCUT2D eigenvalue weighted by Gasteiger charge is -2.33. The second kappa shape index (κ2) is 36.5. The molecule has 606 valence electrons. The third kappa shape index (κ3) is 21.7. The molecule has 32 nitrogen and oxygen atoms in total. The maximum atomic E-state index is 15.6. The van der Waals surface area contributed by atoms with E-state index in [1.165, 1.54) is 51.2 Å². The van der Waals surface area contributed by atoms with Crippen LogP contribution < -0.4 is 28.8 Å². The van der Waals surface area contributed by atoms with Gasteiger partial charge in [-0.15, -0.1) is 0 Å². The number of esters is 3. The number of nitrogens with zero attached hydrogens (tertiary/aromatic N) is 3. The predicted molar refractivity (Wildman–Crippen MR) is 384 cm³/mol. The quantitative estimate of drug-likeness (QED) is 0.0158. The van der Waals surface area contributed by atoms with Gasteiger partial charge in [0.15, 0.2) is 47.3 Å². The Hall–Kier alpha value is -7.82. The van der Waals surface area contributed by atoms with Crippen LogP contribution in [0.1, 0.15) is 119 Å². The molecule has 0 spiro atoms. The molecule has 0 bridgehead atoms. The summed E-state index contributed by atoms with van der Waals surface area (Å²) in [5.41, 5.74) is -6.67. The second-order valence-corrected chi connectivity index (χ2v) is 33.5. The average Bonchev–Trinajstić information content (AvgIpc) is 1.63. The monoisotopic (exact) mass is 1620 g/mol. The van der Waals surface area contributed by atoms with Crippen LogP contribution in [0, 0.1) is 0 Å². The zero-order valence-electron chi connectivity index (χ0n) is 61.6. The van der Waals surface area contributed by atoms with Crippen LogP contribution in [0.25, 0.3) is 0 Å². The zero-order valence-corrected chi connectivity index (χ0v) is 64.3. The summed E-state index contributed by atoms with van der Waals surface area (Å²) in [6.07, 6.45) is -0.415. The highest BCUT2D eigenvalue weighted by atomic mass is 31.2. The number of carbonyl (C=O) groups excluding carboxylic acids is 8. The van der Waals surface area contributed by atoms with E-state index in [4.69, 9.17) is 55.6 Å². The van der Waals surface area contributed by atoms with Gasteiger partial charge in [0, 0.05) is 18.6 Å². The summed E-state index contributed by atoms with van der Waals surface area (Å²) in [6.45, 7) is 9.51. The molecule has 12 rings (SSSR count). The maximum absolute atomic E-state index is 15.6. The molecule has 18 atom stereocenters. The number of para-hydroxylation sites is 3. The van der Waals surface area contributed by atoms with Gasteiger partial charge in [-0.25, -0.2) is 26.9 Å². The van der Waals surface area contributed by atoms with Crippen molar-refractivity contribution in [1.29, 1.82) is 0 Å². The van der Waals surface area contributed by atoms with Gasteiger partial charge in [0.05, 0.1) is 39.1 Å². The Morgan fingerprint density at radius 1 is 0.468 bits per heavy atom. The lowest BCUT2D eigenvalue weighted by Crippen LogP contribution is -2.51. The van der Waals surface area contributed by atoms with Crippen LogP contribution in [0.3, 0.4) is 0 Å². The minimum absolute atomic E-state index is 0.0113. The molecule has 38 heteroatoms. The van der Waals surface area contributed by atoms with Crippen LogP contribution in [0.15, 0.2) is 140 Å². The van der Waals surface area contributed by atoms with Crippen molar-refractivity contribution >= 4 is 70.4 Å². The first-order valence-corrected chi connectivity index (χ1v) is 40.8. The molecule has 111 heavy (non-hydrogen) atoms. The number of rotatable bonds is 30. The molecule has 3 aromatic rings. The lowest BCUT2D eigenvalue weighted by molar-refractivity contribution is -0.155. The van der Waals surface area contributed by atoms with Crippen molar-refractivity contribution in [3.63, 3.8) is 0 Å². The van der Waals surface area contributed by atoms with Crippen molar-refractivity contribution in [3.8, 4) is 17.2 Å².